The van der Waals surface area contributed by atoms with Crippen LogP contribution in [0.15, 0.2) is 18.3 Å². The first-order chi connectivity index (χ1) is 10.2. The van der Waals surface area contributed by atoms with E-state index in [9.17, 15) is 5.11 Å². The molecule has 2 N–H and O–H groups in total. The fourth-order valence-corrected chi connectivity index (χ4v) is 3.24. The van der Waals surface area contributed by atoms with Gasteiger partial charge in [0.15, 0.2) is 0 Å². The summed E-state index contributed by atoms with van der Waals surface area (Å²) in [6.45, 7) is 2.58. The number of piperidine rings is 1. The van der Waals surface area contributed by atoms with Crippen LogP contribution in [0.4, 0.5) is 0 Å². The molecule has 1 aliphatic heterocycles. The van der Waals surface area contributed by atoms with Crippen molar-refractivity contribution in [1.29, 1.82) is 0 Å². The topological polar surface area (TPSA) is 54.4 Å². The highest BCUT2D eigenvalue weighted by atomic mass is 35.5. The molecule has 0 saturated carbocycles. The number of halogens is 1. The van der Waals surface area contributed by atoms with Crippen LogP contribution in [0.25, 0.3) is 0 Å². The summed E-state index contributed by atoms with van der Waals surface area (Å²) in [6.07, 6.45) is 6.33. The highest BCUT2D eigenvalue weighted by molar-refractivity contribution is 6.30. The van der Waals surface area contributed by atoms with E-state index < -0.39 is 5.60 Å². The van der Waals surface area contributed by atoms with Crippen molar-refractivity contribution in [1.82, 2.24) is 10.3 Å². The van der Waals surface area contributed by atoms with E-state index in [1.807, 2.05) is 0 Å². The number of hydrogen-bond donors (Lipinski definition) is 2. The van der Waals surface area contributed by atoms with E-state index in [-0.39, 0.29) is 5.92 Å². The summed E-state index contributed by atoms with van der Waals surface area (Å²) in [4.78, 5) is 4.39. The van der Waals surface area contributed by atoms with Crippen molar-refractivity contribution in [3.8, 4) is 0 Å². The van der Waals surface area contributed by atoms with E-state index in [2.05, 4.69) is 10.3 Å². The van der Waals surface area contributed by atoms with Crippen LogP contribution in [0.2, 0.25) is 5.02 Å². The molecule has 5 heteroatoms. The zero-order chi connectivity index (χ0) is 15.1. The van der Waals surface area contributed by atoms with Gasteiger partial charge in [0, 0.05) is 37.4 Å². The Bertz CT molecular complexity index is 438. The second-order valence-corrected chi connectivity index (χ2v) is 6.21. The Morgan fingerprint density at radius 1 is 1.52 bits per heavy atom. The highest BCUT2D eigenvalue weighted by Gasteiger charge is 2.39. The number of aliphatic hydroxyl groups is 1. The van der Waals surface area contributed by atoms with E-state index in [4.69, 9.17) is 16.3 Å². The van der Waals surface area contributed by atoms with Gasteiger partial charge in [0.25, 0.3) is 0 Å². The monoisotopic (exact) mass is 312 g/mol. The van der Waals surface area contributed by atoms with Crippen LogP contribution in [0.5, 0.6) is 0 Å². The minimum atomic E-state index is -0.911. The van der Waals surface area contributed by atoms with Gasteiger partial charge >= 0.3 is 0 Å². The lowest BCUT2D eigenvalue weighted by Gasteiger charge is -2.38. The predicted octanol–water partition coefficient (Wildman–Crippen LogP) is 2.74. The standard InChI is InChI=1S/C16H25ClN2O2/c1-21-10-3-2-7-16(20,13-5-4-8-18-12-13)15-11-14(17)6-9-19-15/h6,9,11,13,18,20H,2-5,7-8,10,12H2,1H3/t13-,16+/m1/s1. The molecule has 1 fully saturated rings. The largest absolute Gasteiger partial charge is 0.385 e. The Balaban J connectivity index is 2.15. The third-order valence-electron chi connectivity index (χ3n) is 4.29. The minimum Gasteiger partial charge on any atom is -0.385 e. The Morgan fingerprint density at radius 3 is 3.05 bits per heavy atom. The first-order valence-corrected chi connectivity index (χ1v) is 8.08. The normalized spacial score (nSPS) is 22.0. The average Bonchev–Trinajstić information content (AvgIpc) is 2.52. The van der Waals surface area contributed by atoms with E-state index in [1.54, 1.807) is 25.4 Å². The molecule has 1 aromatic heterocycles. The molecule has 0 aliphatic carbocycles. The molecule has 0 bridgehead atoms. The lowest BCUT2D eigenvalue weighted by Crippen LogP contribution is -2.44. The molecule has 0 unspecified atom stereocenters. The van der Waals surface area contributed by atoms with E-state index in [0.717, 1.165) is 45.4 Å². The lowest BCUT2D eigenvalue weighted by molar-refractivity contribution is -0.0469. The predicted molar refractivity (Wildman–Crippen MR) is 84.5 cm³/mol. The molecule has 21 heavy (non-hydrogen) atoms. The highest BCUT2D eigenvalue weighted by Crippen LogP contribution is 2.37. The van der Waals surface area contributed by atoms with Gasteiger partial charge in [0.2, 0.25) is 0 Å². The van der Waals surface area contributed by atoms with E-state index in [0.29, 0.717) is 17.1 Å². The van der Waals surface area contributed by atoms with Gasteiger partial charge < -0.3 is 15.2 Å². The molecular weight excluding hydrogens is 288 g/mol. The van der Waals surface area contributed by atoms with Crippen LogP contribution in [0, 0.1) is 5.92 Å². The third kappa shape index (κ3) is 4.39. The molecule has 1 aromatic rings. The van der Waals surface area contributed by atoms with Gasteiger partial charge in [-0.05, 0) is 50.8 Å². The smallest absolute Gasteiger partial charge is 0.111 e. The molecule has 4 nitrogen and oxygen atoms in total. The number of nitrogens with one attached hydrogen (secondary N) is 1. The summed E-state index contributed by atoms with van der Waals surface area (Å²) in [5, 5.41) is 15.3. The molecule has 2 rings (SSSR count). The van der Waals surface area contributed by atoms with Crippen molar-refractivity contribution in [2.75, 3.05) is 26.8 Å². The van der Waals surface area contributed by atoms with Crippen LogP contribution in [-0.2, 0) is 10.3 Å². The molecule has 1 aliphatic rings. The lowest BCUT2D eigenvalue weighted by atomic mass is 9.76. The van der Waals surface area contributed by atoms with Crippen molar-refractivity contribution < 1.29 is 9.84 Å². The summed E-state index contributed by atoms with van der Waals surface area (Å²) >= 11 is 6.09. The quantitative estimate of drug-likeness (QED) is 0.760. The number of nitrogens with zero attached hydrogens (tertiary/aromatic N) is 1. The Labute approximate surface area is 131 Å². The number of methoxy groups -OCH3 is 1. The number of rotatable bonds is 7. The number of pyridine rings is 1. The van der Waals surface area contributed by atoms with Gasteiger partial charge in [-0.1, -0.05) is 11.6 Å². The van der Waals surface area contributed by atoms with Crippen LogP contribution in [-0.4, -0.2) is 36.9 Å². The summed E-state index contributed by atoms with van der Waals surface area (Å²) in [5.74, 6) is 0.180. The number of unbranched alkanes of at least 4 members (excludes halogenated alkanes) is 1. The number of ether oxygens (including phenoxy) is 1. The van der Waals surface area contributed by atoms with Crippen molar-refractivity contribution in [3.63, 3.8) is 0 Å². The van der Waals surface area contributed by atoms with E-state index >= 15 is 0 Å². The Kier molecular flexibility index (Phi) is 6.42. The molecule has 0 spiro atoms. The Morgan fingerprint density at radius 2 is 2.38 bits per heavy atom. The first kappa shape index (κ1) is 16.7. The van der Waals surface area contributed by atoms with Crippen molar-refractivity contribution in [2.24, 2.45) is 5.92 Å². The summed E-state index contributed by atoms with van der Waals surface area (Å²) in [7, 11) is 1.70. The van der Waals surface area contributed by atoms with E-state index in [1.165, 1.54) is 0 Å². The van der Waals surface area contributed by atoms with Crippen LogP contribution < -0.4 is 5.32 Å². The van der Waals surface area contributed by atoms with Crippen LogP contribution in [0.1, 0.15) is 37.8 Å². The molecule has 2 atom stereocenters. The number of aromatic nitrogens is 1. The average molecular weight is 313 g/mol. The molecule has 0 radical (unpaired) electrons. The molecule has 1 saturated heterocycles. The van der Waals surface area contributed by atoms with Crippen LogP contribution >= 0.6 is 11.6 Å². The zero-order valence-corrected chi connectivity index (χ0v) is 13.4. The van der Waals surface area contributed by atoms with Crippen molar-refractivity contribution >= 4 is 11.6 Å². The van der Waals surface area contributed by atoms with Gasteiger partial charge in [-0.2, -0.15) is 0 Å². The van der Waals surface area contributed by atoms with Gasteiger partial charge in [-0.15, -0.1) is 0 Å². The maximum atomic E-state index is 11.3. The SMILES string of the molecule is COCCCC[C@@](O)(c1cc(Cl)ccn1)[C@@H]1CCCNC1. The van der Waals surface area contributed by atoms with Crippen molar-refractivity contribution in [3.05, 3.63) is 29.0 Å². The molecule has 0 amide bonds. The minimum absolute atomic E-state index is 0.180. The number of hydrogen-bond acceptors (Lipinski definition) is 4. The molecule has 118 valence electrons. The fourth-order valence-electron chi connectivity index (χ4n) is 3.08. The zero-order valence-electron chi connectivity index (χ0n) is 12.6. The second kappa shape index (κ2) is 8.08. The van der Waals surface area contributed by atoms with Crippen molar-refractivity contribution in [2.45, 2.75) is 37.7 Å². The maximum absolute atomic E-state index is 11.3. The van der Waals surface area contributed by atoms with Gasteiger partial charge in [-0.25, -0.2) is 0 Å². The second-order valence-electron chi connectivity index (χ2n) is 5.78. The Hall–Kier alpha value is -0.680. The van der Waals surface area contributed by atoms with Gasteiger partial charge in [-0.3, -0.25) is 4.98 Å². The molecule has 2 heterocycles. The van der Waals surface area contributed by atoms with Gasteiger partial charge in [0.1, 0.15) is 5.60 Å². The summed E-state index contributed by atoms with van der Waals surface area (Å²) in [5.41, 5.74) is -0.215. The fraction of sp³-hybridized carbons (Fsp3) is 0.688. The molecule has 0 aromatic carbocycles. The first-order valence-electron chi connectivity index (χ1n) is 7.71. The van der Waals surface area contributed by atoms with Crippen LogP contribution in [0.3, 0.4) is 0 Å². The summed E-state index contributed by atoms with van der Waals surface area (Å²) < 4.78 is 5.10. The maximum Gasteiger partial charge on any atom is 0.111 e. The third-order valence-corrected chi connectivity index (χ3v) is 4.53. The summed E-state index contributed by atoms with van der Waals surface area (Å²) in [6, 6.07) is 3.54. The molecular formula is C16H25ClN2O2. The van der Waals surface area contributed by atoms with Gasteiger partial charge in [0.05, 0.1) is 5.69 Å².